The number of nitrogens with one attached hydrogen (secondary N) is 1. The number of rotatable bonds is 5. The van der Waals surface area contributed by atoms with Gasteiger partial charge in [-0.05, 0) is 43.0 Å². The molecule has 94 valence electrons. The largest absolute Gasteiger partial charge is 0.381 e. The molecule has 17 heavy (non-hydrogen) atoms. The molecule has 4 heteroatoms. The molecule has 0 spiro atoms. The zero-order chi connectivity index (χ0) is 11.9. The van der Waals surface area contributed by atoms with Crippen LogP contribution in [0.15, 0.2) is 17.5 Å². The molecule has 0 unspecified atom stereocenters. The third-order valence-corrected chi connectivity index (χ3v) is 4.03. The zero-order valence-corrected chi connectivity index (χ0v) is 10.8. The van der Waals surface area contributed by atoms with Gasteiger partial charge in [-0.15, -0.1) is 11.3 Å². The predicted molar refractivity (Wildman–Crippen MR) is 69.4 cm³/mol. The van der Waals surface area contributed by atoms with Gasteiger partial charge < -0.3 is 10.1 Å². The van der Waals surface area contributed by atoms with Crippen LogP contribution in [0.3, 0.4) is 0 Å². The Morgan fingerprint density at radius 3 is 3.00 bits per heavy atom. The minimum atomic E-state index is 0.0620. The van der Waals surface area contributed by atoms with Crippen LogP contribution in [0.1, 0.15) is 35.4 Å². The van der Waals surface area contributed by atoms with Gasteiger partial charge in [0.15, 0.2) is 0 Å². The van der Waals surface area contributed by atoms with Gasteiger partial charge in [0.1, 0.15) is 0 Å². The molecule has 0 saturated carbocycles. The molecule has 2 rings (SSSR count). The fraction of sp³-hybridized carbons (Fsp3) is 0.615. The molecule has 2 heterocycles. The maximum absolute atomic E-state index is 11.6. The number of thiophene rings is 1. The molecule has 1 N–H and O–H groups in total. The number of hydrogen-bond acceptors (Lipinski definition) is 3. The lowest BCUT2D eigenvalue weighted by Gasteiger charge is -2.21. The van der Waals surface area contributed by atoms with Crippen molar-refractivity contribution in [2.75, 3.05) is 19.8 Å². The molecule has 0 radical (unpaired) electrons. The van der Waals surface area contributed by atoms with Crippen LogP contribution < -0.4 is 5.32 Å². The Morgan fingerprint density at radius 1 is 1.47 bits per heavy atom. The van der Waals surface area contributed by atoms with Crippen molar-refractivity contribution in [3.63, 3.8) is 0 Å². The zero-order valence-electron chi connectivity index (χ0n) is 9.98. The number of ether oxygens (including phenoxy) is 1. The van der Waals surface area contributed by atoms with E-state index in [9.17, 15) is 4.79 Å². The van der Waals surface area contributed by atoms with Crippen molar-refractivity contribution < 1.29 is 9.53 Å². The second-order valence-electron chi connectivity index (χ2n) is 4.43. The van der Waals surface area contributed by atoms with E-state index in [1.807, 2.05) is 17.5 Å². The molecule has 0 aliphatic carbocycles. The highest BCUT2D eigenvalue weighted by atomic mass is 32.1. The maximum Gasteiger partial charge on any atom is 0.261 e. The van der Waals surface area contributed by atoms with Crippen molar-refractivity contribution in [3.05, 3.63) is 22.4 Å². The van der Waals surface area contributed by atoms with Crippen molar-refractivity contribution in [2.24, 2.45) is 5.92 Å². The van der Waals surface area contributed by atoms with Gasteiger partial charge >= 0.3 is 0 Å². The second-order valence-corrected chi connectivity index (χ2v) is 5.38. The summed E-state index contributed by atoms with van der Waals surface area (Å²) >= 11 is 1.49. The number of carbonyl (C=O) groups excluding carboxylic acids is 1. The van der Waals surface area contributed by atoms with Crippen LogP contribution in [0.5, 0.6) is 0 Å². The Morgan fingerprint density at radius 2 is 2.29 bits per heavy atom. The summed E-state index contributed by atoms with van der Waals surface area (Å²) < 4.78 is 5.32. The Hall–Kier alpha value is -0.870. The molecule has 0 aromatic carbocycles. The van der Waals surface area contributed by atoms with Crippen molar-refractivity contribution in [2.45, 2.75) is 25.7 Å². The minimum absolute atomic E-state index is 0.0620. The Bertz CT molecular complexity index is 331. The molecule has 1 amide bonds. The van der Waals surface area contributed by atoms with Gasteiger partial charge in [0.05, 0.1) is 4.88 Å². The highest BCUT2D eigenvalue weighted by Gasteiger charge is 2.13. The predicted octanol–water partition coefficient (Wildman–Crippen LogP) is 2.68. The second kappa shape index (κ2) is 6.77. The van der Waals surface area contributed by atoms with E-state index >= 15 is 0 Å². The van der Waals surface area contributed by atoms with Crippen molar-refractivity contribution in [3.8, 4) is 0 Å². The van der Waals surface area contributed by atoms with Crippen molar-refractivity contribution in [1.29, 1.82) is 0 Å². The maximum atomic E-state index is 11.6. The highest BCUT2D eigenvalue weighted by molar-refractivity contribution is 7.12. The van der Waals surface area contributed by atoms with Gasteiger partial charge in [0, 0.05) is 19.8 Å². The first-order valence-electron chi connectivity index (χ1n) is 6.25. The topological polar surface area (TPSA) is 38.3 Å². The van der Waals surface area contributed by atoms with Crippen LogP contribution in [-0.4, -0.2) is 25.7 Å². The monoisotopic (exact) mass is 253 g/mol. The summed E-state index contributed by atoms with van der Waals surface area (Å²) in [6, 6.07) is 3.76. The lowest BCUT2D eigenvalue weighted by atomic mass is 9.95. The van der Waals surface area contributed by atoms with Gasteiger partial charge in [0.25, 0.3) is 5.91 Å². The summed E-state index contributed by atoms with van der Waals surface area (Å²) in [6.07, 6.45) is 4.63. The van der Waals surface area contributed by atoms with Crippen LogP contribution in [0.2, 0.25) is 0 Å². The molecule has 1 aromatic rings. The van der Waals surface area contributed by atoms with Crippen LogP contribution in [0, 0.1) is 5.92 Å². The van der Waals surface area contributed by atoms with Crippen LogP contribution in [-0.2, 0) is 4.74 Å². The number of carbonyl (C=O) groups is 1. The SMILES string of the molecule is O=C(NCCCC1CCOCC1)c1cccs1. The normalized spacial score (nSPS) is 16.9. The number of amides is 1. The molecular formula is C13H19NO2S. The van der Waals surface area contributed by atoms with E-state index in [1.54, 1.807) is 0 Å². The summed E-state index contributed by atoms with van der Waals surface area (Å²) in [5.74, 6) is 0.856. The van der Waals surface area contributed by atoms with E-state index in [0.717, 1.165) is 37.0 Å². The molecule has 1 aliphatic rings. The van der Waals surface area contributed by atoms with E-state index in [-0.39, 0.29) is 5.91 Å². The molecule has 0 bridgehead atoms. The number of hydrogen-bond donors (Lipinski definition) is 1. The minimum Gasteiger partial charge on any atom is -0.381 e. The third kappa shape index (κ3) is 4.13. The lowest BCUT2D eigenvalue weighted by Crippen LogP contribution is -2.24. The van der Waals surface area contributed by atoms with E-state index in [4.69, 9.17) is 4.74 Å². The van der Waals surface area contributed by atoms with Crippen molar-refractivity contribution >= 4 is 17.2 Å². The molecule has 1 fully saturated rings. The average molecular weight is 253 g/mol. The summed E-state index contributed by atoms with van der Waals surface area (Å²) in [5.41, 5.74) is 0. The summed E-state index contributed by atoms with van der Waals surface area (Å²) in [5, 5.41) is 4.89. The Kier molecular flexibility index (Phi) is 5.01. The Balaban J connectivity index is 1.58. The van der Waals surface area contributed by atoms with E-state index in [1.165, 1.54) is 30.6 Å². The van der Waals surface area contributed by atoms with Gasteiger partial charge in [0.2, 0.25) is 0 Å². The molecule has 1 aromatic heterocycles. The summed E-state index contributed by atoms with van der Waals surface area (Å²) in [7, 11) is 0. The summed E-state index contributed by atoms with van der Waals surface area (Å²) in [4.78, 5) is 12.4. The molecule has 1 saturated heterocycles. The fourth-order valence-electron chi connectivity index (χ4n) is 2.12. The average Bonchev–Trinajstić information content (AvgIpc) is 2.89. The van der Waals surface area contributed by atoms with Gasteiger partial charge in [-0.3, -0.25) is 4.79 Å². The Labute approximate surface area is 106 Å². The first-order valence-corrected chi connectivity index (χ1v) is 7.13. The summed E-state index contributed by atoms with van der Waals surface area (Å²) in [6.45, 7) is 2.60. The van der Waals surface area contributed by atoms with Crippen LogP contribution in [0.4, 0.5) is 0 Å². The van der Waals surface area contributed by atoms with E-state index in [0.29, 0.717) is 0 Å². The quantitative estimate of drug-likeness (QED) is 0.819. The van der Waals surface area contributed by atoms with Crippen LogP contribution >= 0.6 is 11.3 Å². The van der Waals surface area contributed by atoms with Crippen LogP contribution in [0.25, 0.3) is 0 Å². The standard InChI is InChI=1S/C13H19NO2S/c15-13(12-4-2-10-17-12)14-7-1-3-11-5-8-16-9-6-11/h2,4,10-11H,1,3,5-9H2,(H,14,15). The van der Waals surface area contributed by atoms with Gasteiger partial charge in [-0.25, -0.2) is 0 Å². The first kappa shape index (κ1) is 12.6. The van der Waals surface area contributed by atoms with E-state index in [2.05, 4.69) is 5.32 Å². The van der Waals surface area contributed by atoms with E-state index < -0.39 is 0 Å². The third-order valence-electron chi connectivity index (χ3n) is 3.16. The lowest BCUT2D eigenvalue weighted by molar-refractivity contribution is 0.0631. The van der Waals surface area contributed by atoms with Gasteiger partial charge in [-0.2, -0.15) is 0 Å². The van der Waals surface area contributed by atoms with Gasteiger partial charge in [-0.1, -0.05) is 6.07 Å². The first-order chi connectivity index (χ1) is 8.36. The molecule has 1 aliphatic heterocycles. The highest BCUT2D eigenvalue weighted by Crippen LogP contribution is 2.19. The van der Waals surface area contributed by atoms with Crippen molar-refractivity contribution in [1.82, 2.24) is 5.32 Å². The smallest absolute Gasteiger partial charge is 0.261 e. The molecular weight excluding hydrogens is 234 g/mol. The molecule has 3 nitrogen and oxygen atoms in total. The fourth-order valence-corrected chi connectivity index (χ4v) is 2.76. The molecule has 0 atom stereocenters.